The summed E-state index contributed by atoms with van der Waals surface area (Å²) in [4.78, 5) is 0. The van der Waals surface area contributed by atoms with Gasteiger partial charge in [0, 0.05) is 19.7 Å². The summed E-state index contributed by atoms with van der Waals surface area (Å²) in [7, 11) is 0. The van der Waals surface area contributed by atoms with Crippen molar-refractivity contribution in [2.45, 2.75) is 45.1 Å². The lowest BCUT2D eigenvalue weighted by Crippen LogP contribution is -2.20. The largest absolute Gasteiger partial charge is 0.379 e. The molecule has 1 aliphatic carbocycles. The maximum absolute atomic E-state index is 5.64. The van der Waals surface area contributed by atoms with E-state index < -0.39 is 0 Å². The topological polar surface area (TPSA) is 30.5 Å². The smallest absolute Gasteiger partial charge is 0.0701 e. The van der Waals surface area contributed by atoms with Crippen molar-refractivity contribution in [3.63, 3.8) is 0 Å². The molecule has 1 N–H and O–H groups in total. The highest BCUT2D eigenvalue weighted by molar-refractivity contribution is 5.14. The zero-order chi connectivity index (χ0) is 16.7. The summed E-state index contributed by atoms with van der Waals surface area (Å²) < 4.78 is 11.2. The third kappa shape index (κ3) is 9.21. The number of rotatable bonds is 13. The first-order chi connectivity index (χ1) is 11.9. The Balaban J connectivity index is 1.29. The number of unbranched alkanes of at least 4 members (excludes halogenated alkanes) is 1. The fraction of sp³-hybridized carbons (Fsp3) is 0.619. The first-order valence-corrected chi connectivity index (χ1v) is 9.50. The van der Waals surface area contributed by atoms with E-state index in [-0.39, 0.29) is 0 Å². The summed E-state index contributed by atoms with van der Waals surface area (Å²) in [5.41, 5.74) is 1.31. The standard InChI is InChI=1S/C21H33NO2/c1-3-9-20(10-4-1)11-7-8-15-23-17-18-24-16-14-22-19-21-12-5-2-6-13-21/h1-3,5-6,12-13,20,22H,4,7-11,14-19H2/t20-/m1/s1. The van der Waals surface area contributed by atoms with Crippen LogP contribution in [-0.4, -0.2) is 33.0 Å². The Labute approximate surface area is 147 Å². The predicted octanol–water partition coefficient (Wildman–Crippen LogP) is 4.34. The van der Waals surface area contributed by atoms with E-state index in [2.05, 4.69) is 41.7 Å². The van der Waals surface area contributed by atoms with Gasteiger partial charge in [0.15, 0.2) is 0 Å². The van der Waals surface area contributed by atoms with Crippen LogP contribution in [0.2, 0.25) is 0 Å². The molecule has 0 amide bonds. The minimum atomic E-state index is 0.695. The van der Waals surface area contributed by atoms with Crippen molar-refractivity contribution in [2.75, 3.05) is 33.0 Å². The summed E-state index contributed by atoms with van der Waals surface area (Å²) in [6, 6.07) is 10.4. The van der Waals surface area contributed by atoms with E-state index in [1.54, 1.807) is 0 Å². The Morgan fingerprint density at radius 3 is 2.54 bits per heavy atom. The van der Waals surface area contributed by atoms with E-state index in [0.717, 1.165) is 32.2 Å². The molecule has 24 heavy (non-hydrogen) atoms. The van der Waals surface area contributed by atoms with Gasteiger partial charge in [0.1, 0.15) is 0 Å². The lowest BCUT2D eigenvalue weighted by Gasteiger charge is -2.17. The Morgan fingerprint density at radius 1 is 0.917 bits per heavy atom. The van der Waals surface area contributed by atoms with Gasteiger partial charge in [-0.3, -0.25) is 0 Å². The Hall–Kier alpha value is -1.16. The molecule has 1 aromatic carbocycles. The van der Waals surface area contributed by atoms with Crippen molar-refractivity contribution in [3.05, 3.63) is 48.0 Å². The molecule has 0 bridgehead atoms. The minimum absolute atomic E-state index is 0.695. The average Bonchev–Trinajstić information content (AvgIpc) is 2.64. The van der Waals surface area contributed by atoms with Crippen LogP contribution in [0.4, 0.5) is 0 Å². The van der Waals surface area contributed by atoms with Crippen molar-refractivity contribution in [3.8, 4) is 0 Å². The highest BCUT2D eigenvalue weighted by Gasteiger charge is 2.08. The van der Waals surface area contributed by atoms with Crippen LogP contribution in [0.3, 0.4) is 0 Å². The molecule has 2 rings (SSSR count). The third-order valence-corrected chi connectivity index (χ3v) is 4.50. The van der Waals surface area contributed by atoms with Gasteiger partial charge in [0.05, 0.1) is 19.8 Å². The molecule has 3 heteroatoms. The van der Waals surface area contributed by atoms with Gasteiger partial charge >= 0.3 is 0 Å². The lowest BCUT2D eigenvalue weighted by atomic mass is 9.90. The van der Waals surface area contributed by atoms with Crippen molar-refractivity contribution in [2.24, 2.45) is 5.92 Å². The monoisotopic (exact) mass is 331 g/mol. The van der Waals surface area contributed by atoms with Crippen molar-refractivity contribution in [1.82, 2.24) is 5.32 Å². The zero-order valence-electron chi connectivity index (χ0n) is 14.9. The molecule has 0 aromatic heterocycles. The average molecular weight is 332 g/mol. The van der Waals surface area contributed by atoms with E-state index >= 15 is 0 Å². The number of allylic oxidation sites excluding steroid dienone is 2. The summed E-state index contributed by atoms with van der Waals surface area (Å²) in [5.74, 6) is 0.918. The Kier molecular flexibility index (Phi) is 10.5. The molecule has 0 heterocycles. The Bertz CT molecular complexity index is 433. The van der Waals surface area contributed by atoms with E-state index in [1.165, 1.54) is 44.1 Å². The van der Waals surface area contributed by atoms with E-state index in [0.29, 0.717) is 13.2 Å². The van der Waals surface area contributed by atoms with Crippen LogP contribution in [0, 0.1) is 5.92 Å². The van der Waals surface area contributed by atoms with Gasteiger partial charge in [0.25, 0.3) is 0 Å². The van der Waals surface area contributed by atoms with Crippen molar-refractivity contribution >= 4 is 0 Å². The Morgan fingerprint density at radius 2 is 1.75 bits per heavy atom. The van der Waals surface area contributed by atoms with E-state index in [4.69, 9.17) is 9.47 Å². The molecule has 0 radical (unpaired) electrons. The molecular formula is C21H33NO2. The van der Waals surface area contributed by atoms with Gasteiger partial charge in [-0.1, -0.05) is 55.3 Å². The molecule has 0 unspecified atom stereocenters. The van der Waals surface area contributed by atoms with Gasteiger partial charge in [-0.2, -0.15) is 0 Å². The second kappa shape index (κ2) is 13.2. The van der Waals surface area contributed by atoms with Crippen LogP contribution >= 0.6 is 0 Å². The second-order valence-corrected chi connectivity index (χ2v) is 6.53. The highest BCUT2D eigenvalue weighted by Crippen LogP contribution is 2.23. The summed E-state index contributed by atoms with van der Waals surface area (Å²) in [6.07, 6.45) is 12.4. The highest BCUT2D eigenvalue weighted by atomic mass is 16.5. The summed E-state index contributed by atoms with van der Waals surface area (Å²) in [6.45, 7) is 4.80. The quantitative estimate of drug-likeness (QED) is 0.431. The fourth-order valence-corrected chi connectivity index (χ4v) is 3.05. The van der Waals surface area contributed by atoms with Crippen molar-refractivity contribution < 1.29 is 9.47 Å². The number of benzene rings is 1. The summed E-state index contributed by atoms with van der Waals surface area (Å²) in [5, 5.41) is 3.38. The molecule has 1 aliphatic rings. The number of nitrogens with one attached hydrogen (secondary N) is 1. The first-order valence-electron chi connectivity index (χ1n) is 9.50. The zero-order valence-corrected chi connectivity index (χ0v) is 14.9. The molecule has 0 fully saturated rings. The molecule has 1 atom stereocenters. The molecule has 3 nitrogen and oxygen atoms in total. The second-order valence-electron chi connectivity index (χ2n) is 6.53. The molecular weight excluding hydrogens is 298 g/mol. The number of ether oxygens (including phenoxy) is 2. The minimum Gasteiger partial charge on any atom is -0.379 e. The first kappa shape index (κ1) is 19.2. The van der Waals surface area contributed by atoms with Crippen LogP contribution in [0.1, 0.15) is 44.1 Å². The van der Waals surface area contributed by atoms with E-state index in [1.807, 2.05) is 6.07 Å². The number of hydrogen-bond acceptors (Lipinski definition) is 3. The maximum Gasteiger partial charge on any atom is 0.0701 e. The molecule has 0 spiro atoms. The van der Waals surface area contributed by atoms with Gasteiger partial charge in [-0.25, -0.2) is 0 Å². The van der Waals surface area contributed by atoms with Crippen molar-refractivity contribution in [1.29, 1.82) is 0 Å². The molecule has 1 aromatic rings. The number of hydrogen-bond donors (Lipinski definition) is 1. The van der Waals surface area contributed by atoms with Gasteiger partial charge < -0.3 is 14.8 Å². The van der Waals surface area contributed by atoms with Crippen LogP contribution in [0.25, 0.3) is 0 Å². The van der Waals surface area contributed by atoms with Gasteiger partial charge in [0.2, 0.25) is 0 Å². The normalized spacial score (nSPS) is 17.2. The third-order valence-electron chi connectivity index (χ3n) is 4.50. The lowest BCUT2D eigenvalue weighted by molar-refractivity contribution is 0.0470. The van der Waals surface area contributed by atoms with Crippen LogP contribution < -0.4 is 5.32 Å². The predicted molar refractivity (Wildman–Crippen MR) is 100 cm³/mol. The fourth-order valence-electron chi connectivity index (χ4n) is 3.05. The molecule has 0 saturated carbocycles. The van der Waals surface area contributed by atoms with Crippen LogP contribution in [0.5, 0.6) is 0 Å². The maximum atomic E-state index is 5.64. The molecule has 134 valence electrons. The van der Waals surface area contributed by atoms with Gasteiger partial charge in [-0.05, 0) is 37.2 Å². The van der Waals surface area contributed by atoms with E-state index in [9.17, 15) is 0 Å². The molecule has 0 aliphatic heterocycles. The summed E-state index contributed by atoms with van der Waals surface area (Å²) >= 11 is 0. The SMILES string of the molecule is C1=CC[C@@H](CCCCOCCOCCNCc2ccccc2)CC1. The van der Waals surface area contributed by atoms with Gasteiger partial charge in [-0.15, -0.1) is 0 Å². The van der Waals surface area contributed by atoms with Crippen LogP contribution in [0.15, 0.2) is 42.5 Å². The van der Waals surface area contributed by atoms with Crippen LogP contribution in [-0.2, 0) is 16.0 Å². The molecule has 0 saturated heterocycles.